The van der Waals surface area contributed by atoms with Gasteiger partial charge in [0, 0.05) is 44.0 Å². The second-order valence-electron chi connectivity index (χ2n) is 5.94. The SMILES string of the molecule is COP(=O)(OC)C(C)(C)C/C(C)=N\NC(=O)c1ccc([N+](=O)[O-])cc1. The molecule has 1 aromatic rings. The van der Waals surface area contributed by atoms with Crippen LogP contribution in [-0.4, -0.2) is 35.9 Å². The van der Waals surface area contributed by atoms with Gasteiger partial charge in [0.25, 0.3) is 11.6 Å². The van der Waals surface area contributed by atoms with Crippen molar-refractivity contribution in [2.45, 2.75) is 32.3 Å². The monoisotopic (exact) mass is 371 g/mol. The van der Waals surface area contributed by atoms with Gasteiger partial charge in [0.05, 0.1) is 10.1 Å². The van der Waals surface area contributed by atoms with Gasteiger partial charge in [-0.2, -0.15) is 5.10 Å². The summed E-state index contributed by atoms with van der Waals surface area (Å²) < 4.78 is 22.5. The van der Waals surface area contributed by atoms with E-state index >= 15 is 0 Å². The smallest absolute Gasteiger partial charge is 0.312 e. The van der Waals surface area contributed by atoms with Crippen molar-refractivity contribution < 1.29 is 23.3 Å². The molecule has 0 aliphatic heterocycles. The van der Waals surface area contributed by atoms with Gasteiger partial charge in [-0.15, -0.1) is 0 Å². The maximum Gasteiger partial charge on any atom is 0.336 e. The van der Waals surface area contributed by atoms with Crippen molar-refractivity contribution in [1.29, 1.82) is 0 Å². The van der Waals surface area contributed by atoms with Crippen LogP contribution in [0.2, 0.25) is 0 Å². The highest BCUT2D eigenvalue weighted by Gasteiger charge is 2.42. The van der Waals surface area contributed by atoms with E-state index in [1.165, 1.54) is 38.5 Å². The zero-order chi connectivity index (χ0) is 19.3. The van der Waals surface area contributed by atoms with Gasteiger partial charge in [-0.25, -0.2) is 5.43 Å². The van der Waals surface area contributed by atoms with E-state index in [4.69, 9.17) is 9.05 Å². The number of rotatable bonds is 8. The molecule has 1 aromatic carbocycles. The number of amides is 1. The third kappa shape index (κ3) is 5.19. The zero-order valence-electron chi connectivity index (χ0n) is 14.8. The van der Waals surface area contributed by atoms with Crippen LogP contribution in [0.5, 0.6) is 0 Å². The van der Waals surface area contributed by atoms with Gasteiger partial charge in [0.15, 0.2) is 0 Å². The predicted octanol–water partition coefficient (Wildman–Crippen LogP) is 3.36. The average molecular weight is 371 g/mol. The van der Waals surface area contributed by atoms with Gasteiger partial charge in [-0.3, -0.25) is 19.5 Å². The Hall–Kier alpha value is -2.09. The summed E-state index contributed by atoms with van der Waals surface area (Å²) in [6, 6.07) is 5.16. The molecule has 1 N–H and O–H groups in total. The molecule has 1 rings (SSSR count). The first-order valence-corrected chi connectivity index (χ1v) is 8.90. The van der Waals surface area contributed by atoms with Crippen LogP contribution in [0.3, 0.4) is 0 Å². The highest BCUT2D eigenvalue weighted by molar-refractivity contribution is 7.55. The van der Waals surface area contributed by atoms with Crippen LogP contribution in [-0.2, 0) is 13.6 Å². The van der Waals surface area contributed by atoms with E-state index in [1.54, 1.807) is 20.8 Å². The van der Waals surface area contributed by atoms with Gasteiger partial charge in [-0.1, -0.05) is 0 Å². The highest BCUT2D eigenvalue weighted by atomic mass is 31.2. The Bertz CT molecular complexity index is 706. The molecule has 1 amide bonds. The van der Waals surface area contributed by atoms with Crippen LogP contribution >= 0.6 is 7.60 Å². The summed E-state index contributed by atoms with van der Waals surface area (Å²) in [5.74, 6) is -0.506. The fourth-order valence-electron chi connectivity index (χ4n) is 2.28. The molecular formula is C15H22N3O6P. The zero-order valence-corrected chi connectivity index (χ0v) is 15.7. The third-order valence-corrected chi connectivity index (χ3v) is 6.20. The summed E-state index contributed by atoms with van der Waals surface area (Å²) in [4.78, 5) is 22.1. The number of hydrogen-bond donors (Lipinski definition) is 1. The summed E-state index contributed by atoms with van der Waals surface area (Å²) >= 11 is 0. The fraction of sp³-hybridized carbons (Fsp3) is 0.467. The lowest BCUT2D eigenvalue weighted by Gasteiger charge is -2.30. The Morgan fingerprint density at radius 3 is 2.24 bits per heavy atom. The lowest BCUT2D eigenvalue weighted by Crippen LogP contribution is -2.27. The van der Waals surface area contributed by atoms with Crippen LogP contribution in [0.1, 0.15) is 37.6 Å². The number of non-ortho nitro benzene ring substituents is 1. The first kappa shape index (κ1) is 21.0. The van der Waals surface area contributed by atoms with Crippen molar-refractivity contribution in [3.63, 3.8) is 0 Å². The standard InChI is InChI=1S/C15H22N3O6P/c1-11(10-15(2,3)25(22,23-4)24-5)16-17-14(19)12-6-8-13(9-7-12)18(20)21/h6-9H,10H2,1-5H3,(H,17,19)/b16-11-. The fourth-order valence-corrected chi connectivity index (χ4v) is 3.84. The molecule has 0 aliphatic rings. The molecular weight excluding hydrogens is 349 g/mol. The van der Waals surface area contributed by atoms with E-state index in [1.807, 2.05) is 0 Å². The second kappa shape index (κ2) is 8.33. The topological polar surface area (TPSA) is 120 Å². The van der Waals surface area contributed by atoms with Gasteiger partial charge < -0.3 is 9.05 Å². The number of nitrogens with one attached hydrogen (secondary N) is 1. The Balaban J connectivity index is 2.78. The normalized spacial score (nSPS) is 12.8. The summed E-state index contributed by atoms with van der Waals surface area (Å²) in [5, 5.41) is 13.7. The lowest BCUT2D eigenvalue weighted by atomic mass is 10.1. The van der Waals surface area contributed by atoms with Crippen LogP contribution in [0.4, 0.5) is 5.69 Å². The number of hydrazone groups is 1. The Morgan fingerprint density at radius 1 is 1.28 bits per heavy atom. The molecule has 0 fully saturated rings. The molecule has 0 atom stereocenters. The van der Waals surface area contributed by atoms with Crippen LogP contribution < -0.4 is 5.43 Å². The molecule has 0 spiro atoms. The Labute approximate surface area is 146 Å². The number of hydrogen-bond acceptors (Lipinski definition) is 7. The largest absolute Gasteiger partial charge is 0.336 e. The van der Waals surface area contributed by atoms with Crippen molar-refractivity contribution in [3.8, 4) is 0 Å². The second-order valence-corrected chi connectivity index (χ2v) is 8.88. The Kier molecular flexibility index (Phi) is 6.98. The van der Waals surface area contributed by atoms with Gasteiger partial charge in [0.1, 0.15) is 0 Å². The molecule has 138 valence electrons. The van der Waals surface area contributed by atoms with E-state index in [0.29, 0.717) is 5.71 Å². The molecule has 0 bridgehead atoms. The average Bonchev–Trinajstić information content (AvgIpc) is 2.58. The van der Waals surface area contributed by atoms with Gasteiger partial charge in [-0.05, 0) is 32.9 Å². The van der Waals surface area contributed by atoms with Gasteiger partial charge in [0.2, 0.25) is 0 Å². The minimum absolute atomic E-state index is 0.104. The van der Waals surface area contributed by atoms with Crippen molar-refractivity contribution >= 4 is 24.9 Å². The van der Waals surface area contributed by atoms with Crippen molar-refractivity contribution in [2.75, 3.05) is 14.2 Å². The first-order valence-electron chi connectivity index (χ1n) is 7.36. The Morgan fingerprint density at radius 2 is 1.80 bits per heavy atom. The van der Waals surface area contributed by atoms with Crippen LogP contribution in [0, 0.1) is 10.1 Å². The minimum atomic E-state index is -3.32. The van der Waals surface area contributed by atoms with E-state index in [9.17, 15) is 19.5 Å². The highest BCUT2D eigenvalue weighted by Crippen LogP contribution is 2.60. The maximum absolute atomic E-state index is 12.5. The van der Waals surface area contributed by atoms with E-state index in [0.717, 1.165) is 0 Å². The van der Waals surface area contributed by atoms with E-state index < -0.39 is 23.6 Å². The number of carbonyl (C=O) groups excluding carboxylic acids is 1. The van der Waals surface area contributed by atoms with E-state index in [-0.39, 0.29) is 17.7 Å². The summed E-state index contributed by atoms with van der Waals surface area (Å²) in [6.07, 6.45) is 0.270. The number of nitrogens with zero attached hydrogens (tertiary/aromatic N) is 2. The molecule has 0 aromatic heterocycles. The first-order chi connectivity index (χ1) is 11.6. The van der Waals surface area contributed by atoms with Crippen LogP contribution in [0.15, 0.2) is 29.4 Å². The van der Waals surface area contributed by atoms with Crippen molar-refractivity contribution in [2.24, 2.45) is 5.10 Å². The lowest BCUT2D eigenvalue weighted by molar-refractivity contribution is -0.384. The minimum Gasteiger partial charge on any atom is -0.312 e. The van der Waals surface area contributed by atoms with Crippen molar-refractivity contribution in [3.05, 3.63) is 39.9 Å². The predicted molar refractivity (Wildman–Crippen MR) is 94.0 cm³/mol. The molecule has 0 heterocycles. The molecule has 10 heteroatoms. The maximum atomic E-state index is 12.5. The van der Waals surface area contributed by atoms with Crippen molar-refractivity contribution in [1.82, 2.24) is 5.43 Å². The molecule has 0 radical (unpaired) electrons. The van der Waals surface area contributed by atoms with Gasteiger partial charge >= 0.3 is 7.60 Å². The number of benzene rings is 1. The van der Waals surface area contributed by atoms with Crippen LogP contribution in [0.25, 0.3) is 0 Å². The molecule has 25 heavy (non-hydrogen) atoms. The quantitative estimate of drug-likeness (QED) is 0.324. The molecule has 0 unspecified atom stereocenters. The number of nitro benzene ring substituents is 1. The summed E-state index contributed by atoms with van der Waals surface area (Å²) in [7, 11) is -0.687. The molecule has 9 nitrogen and oxygen atoms in total. The summed E-state index contributed by atoms with van der Waals surface area (Å²) in [6.45, 7) is 5.11. The molecule has 0 saturated carbocycles. The summed E-state index contributed by atoms with van der Waals surface area (Å²) in [5.41, 5.74) is 3.02. The molecule has 0 aliphatic carbocycles. The molecule has 0 saturated heterocycles. The van der Waals surface area contributed by atoms with E-state index in [2.05, 4.69) is 10.5 Å². The number of nitro groups is 1. The number of carbonyl (C=O) groups is 1. The third-order valence-electron chi connectivity index (χ3n) is 3.60.